The van der Waals surface area contributed by atoms with E-state index in [4.69, 9.17) is 9.47 Å². The summed E-state index contributed by atoms with van der Waals surface area (Å²) in [6.07, 6.45) is 0. The maximum atomic E-state index is 12.0. The number of carbonyl (C=O) groups is 1. The lowest BCUT2D eigenvalue weighted by Crippen LogP contribution is -2.47. The van der Waals surface area contributed by atoms with E-state index in [1.807, 2.05) is 59.5 Å². The van der Waals surface area contributed by atoms with Crippen molar-refractivity contribution in [3.63, 3.8) is 0 Å². The Bertz CT molecular complexity index is 622. The fourth-order valence-corrected chi connectivity index (χ4v) is 2.38. The Labute approximate surface area is 135 Å². The van der Waals surface area contributed by atoms with Crippen LogP contribution in [0.2, 0.25) is 0 Å². The van der Waals surface area contributed by atoms with Gasteiger partial charge < -0.3 is 19.7 Å². The van der Waals surface area contributed by atoms with Gasteiger partial charge in [0.15, 0.2) is 6.61 Å². The van der Waals surface area contributed by atoms with Crippen molar-refractivity contribution in [3.05, 3.63) is 54.6 Å². The normalized spacial score (nSPS) is 14.3. The van der Waals surface area contributed by atoms with Gasteiger partial charge in [0.25, 0.3) is 5.91 Å². The number of amides is 1. The number of carbonyl (C=O) groups excluding carboxylic acids is 1. The van der Waals surface area contributed by atoms with Crippen LogP contribution in [-0.2, 0) is 4.79 Å². The lowest BCUT2D eigenvalue weighted by Gasteiger charge is -2.27. The molecule has 1 saturated heterocycles. The second-order valence-electron chi connectivity index (χ2n) is 5.31. The zero-order valence-corrected chi connectivity index (χ0v) is 12.9. The first kappa shape index (κ1) is 15.4. The second kappa shape index (κ2) is 7.65. The number of ether oxygens (including phenoxy) is 2. The van der Waals surface area contributed by atoms with Crippen LogP contribution >= 0.6 is 0 Å². The molecule has 5 nitrogen and oxygen atoms in total. The molecule has 23 heavy (non-hydrogen) atoms. The van der Waals surface area contributed by atoms with E-state index in [2.05, 4.69) is 5.32 Å². The van der Waals surface area contributed by atoms with Crippen LogP contribution in [-0.4, -0.2) is 43.6 Å². The van der Waals surface area contributed by atoms with E-state index >= 15 is 0 Å². The Morgan fingerprint density at radius 1 is 0.913 bits per heavy atom. The Morgan fingerprint density at radius 3 is 2.22 bits per heavy atom. The lowest BCUT2D eigenvalue weighted by atomic mass is 10.3. The summed E-state index contributed by atoms with van der Waals surface area (Å²) in [6, 6.07) is 16.9. The SMILES string of the molecule is O=C(COc1ccc(Oc2ccccc2)cc1)N1CCNCC1. The first-order chi connectivity index (χ1) is 11.3. The summed E-state index contributed by atoms with van der Waals surface area (Å²) < 4.78 is 11.3. The van der Waals surface area contributed by atoms with E-state index in [0.717, 1.165) is 37.7 Å². The Balaban J connectivity index is 1.50. The molecular formula is C18H20N2O3. The molecule has 0 bridgehead atoms. The molecule has 0 atom stereocenters. The maximum Gasteiger partial charge on any atom is 0.260 e. The van der Waals surface area contributed by atoms with E-state index in [-0.39, 0.29) is 12.5 Å². The van der Waals surface area contributed by atoms with Crippen LogP contribution in [0, 0.1) is 0 Å². The van der Waals surface area contributed by atoms with E-state index in [9.17, 15) is 4.79 Å². The topological polar surface area (TPSA) is 50.8 Å². The molecule has 0 saturated carbocycles. The third-order valence-electron chi connectivity index (χ3n) is 3.63. The molecule has 1 aliphatic rings. The van der Waals surface area contributed by atoms with Gasteiger partial charge in [-0.1, -0.05) is 18.2 Å². The molecule has 2 aromatic carbocycles. The van der Waals surface area contributed by atoms with E-state index in [1.54, 1.807) is 0 Å². The molecule has 0 aromatic heterocycles. The van der Waals surface area contributed by atoms with Crippen LogP contribution in [0.1, 0.15) is 0 Å². The van der Waals surface area contributed by atoms with Gasteiger partial charge in [-0.25, -0.2) is 0 Å². The summed E-state index contributed by atoms with van der Waals surface area (Å²) in [5.74, 6) is 2.21. The molecular weight excluding hydrogens is 292 g/mol. The molecule has 1 fully saturated rings. The van der Waals surface area contributed by atoms with Crippen LogP contribution in [0.3, 0.4) is 0 Å². The molecule has 0 radical (unpaired) electrons. The lowest BCUT2D eigenvalue weighted by molar-refractivity contribution is -0.133. The first-order valence-corrected chi connectivity index (χ1v) is 7.75. The standard InChI is InChI=1S/C18H20N2O3/c21-18(20-12-10-19-11-13-20)14-22-15-6-8-17(9-7-15)23-16-4-2-1-3-5-16/h1-9,19H,10-14H2. The minimum atomic E-state index is 0.0242. The number of para-hydroxylation sites is 1. The summed E-state index contributed by atoms with van der Waals surface area (Å²) in [7, 11) is 0. The number of hydrogen-bond donors (Lipinski definition) is 1. The van der Waals surface area contributed by atoms with Crippen molar-refractivity contribution in [2.24, 2.45) is 0 Å². The van der Waals surface area contributed by atoms with Crippen LogP contribution in [0.15, 0.2) is 54.6 Å². The number of benzene rings is 2. The van der Waals surface area contributed by atoms with Gasteiger partial charge in [0.2, 0.25) is 0 Å². The summed E-state index contributed by atoms with van der Waals surface area (Å²) >= 11 is 0. The summed E-state index contributed by atoms with van der Waals surface area (Å²) in [5.41, 5.74) is 0. The van der Waals surface area contributed by atoms with Gasteiger partial charge in [0, 0.05) is 26.2 Å². The number of nitrogens with zero attached hydrogens (tertiary/aromatic N) is 1. The minimum absolute atomic E-state index is 0.0242. The van der Waals surface area contributed by atoms with Gasteiger partial charge in [-0.2, -0.15) is 0 Å². The highest BCUT2D eigenvalue weighted by Crippen LogP contribution is 2.23. The van der Waals surface area contributed by atoms with Crippen LogP contribution in [0.4, 0.5) is 0 Å². The molecule has 2 aromatic rings. The average molecular weight is 312 g/mol. The monoisotopic (exact) mass is 312 g/mol. The molecule has 1 N–H and O–H groups in total. The third-order valence-corrected chi connectivity index (χ3v) is 3.63. The number of hydrogen-bond acceptors (Lipinski definition) is 4. The van der Waals surface area contributed by atoms with Crippen molar-refractivity contribution >= 4 is 5.91 Å². The van der Waals surface area contributed by atoms with E-state index in [1.165, 1.54) is 0 Å². The molecule has 5 heteroatoms. The van der Waals surface area contributed by atoms with Crippen LogP contribution < -0.4 is 14.8 Å². The summed E-state index contributed by atoms with van der Waals surface area (Å²) in [5, 5.41) is 3.22. The smallest absolute Gasteiger partial charge is 0.260 e. The van der Waals surface area contributed by atoms with Gasteiger partial charge in [0.05, 0.1) is 0 Å². The molecule has 1 aliphatic heterocycles. The van der Waals surface area contributed by atoms with Gasteiger partial charge in [-0.3, -0.25) is 4.79 Å². The molecule has 3 rings (SSSR count). The first-order valence-electron chi connectivity index (χ1n) is 7.75. The number of nitrogens with one attached hydrogen (secondary N) is 1. The predicted octanol–water partition coefficient (Wildman–Crippen LogP) is 2.29. The van der Waals surface area contributed by atoms with Crippen molar-refractivity contribution in [3.8, 4) is 17.2 Å². The van der Waals surface area contributed by atoms with E-state index < -0.39 is 0 Å². The average Bonchev–Trinajstić information content (AvgIpc) is 2.62. The van der Waals surface area contributed by atoms with Gasteiger partial charge in [0.1, 0.15) is 17.2 Å². The van der Waals surface area contributed by atoms with E-state index in [0.29, 0.717) is 5.75 Å². The summed E-state index contributed by atoms with van der Waals surface area (Å²) in [4.78, 5) is 13.9. The fourth-order valence-electron chi connectivity index (χ4n) is 2.38. The minimum Gasteiger partial charge on any atom is -0.484 e. The zero-order chi connectivity index (χ0) is 15.9. The largest absolute Gasteiger partial charge is 0.484 e. The Hall–Kier alpha value is -2.53. The molecule has 1 heterocycles. The quantitative estimate of drug-likeness (QED) is 0.920. The molecule has 1 amide bonds. The Morgan fingerprint density at radius 2 is 1.52 bits per heavy atom. The zero-order valence-electron chi connectivity index (χ0n) is 12.9. The molecule has 0 unspecified atom stereocenters. The predicted molar refractivity (Wildman–Crippen MR) is 87.9 cm³/mol. The van der Waals surface area contributed by atoms with Crippen molar-refractivity contribution in [1.29, 1.82) is 0 Å². The highest BCUT2D eigenvalue weighted by Gasteiger charge is 2.16. The van der Waals surface area contributed by atoms with Crippen molar-refractivity contribution in [2.45, 2.75) is 0 Å². The molecule has 120 valence electrons. The highest BCUT2D eigenvalue weighted by atomic mass is 16.5. The number of piperazine rings is 1. The van der Waals surface area contributed by atoms with Crippen molar-refractivity contribution < 1.29 is 14.3 Å². The molecule has 0 aliphatic carbocycles. The van der Waals surface area contributed by atoms with Gasteiger partial charge >= 0.3 is 0 Å². The second-order valence-corrected chi connectivity index (χ2v) is 5.31. The highest BCUT2D eigenvalue weighted by molar-refractivity contribution is 5.77. The third kappa shape index (κ3) is 4.47. The van der Waals surface area contributed by atoms with Crippen molar-refractivity contribution in [2.75, 3.05) is 32.8 Å². The van der Waals surface area contributed by atoms with Crippen molar-refractivity contribution in [1.82, 2.24) is 10.2 Å². The van der Waals surface area contributed by atoms with Gasteiger partial charge in [-0.15, -0.1) is 0 Å². The molecule has 0 spiro atoms. The number of rotatable bonds is 5. The summed E-state index contributed by atoms with van der Waals surface area (Å²) in [6.45, 7) is 3.24. The van der Waals surface area contributed by atoms with Gasteiger partial charge in [-0.05, 0) is 36.4 Å². The Kier molecular flexibility index (Phi) is 5.11. The maximum absolute atomic E-state index is 12.0. The van der Waals surface area contributed by atoms with Crippen LogP contribution in [0.25, 0.3) is 0 Å². The van der Waals surface area contributed by atoms with Crippen LogP contribution in [0.5, 0.6) is 17.2 Å². The fraction of sp³-hybridized carbons (Fsp3) is 0.278.